The van der Waals surface area contributed by atoms with Gasteiger partial charge in [0.05, 0.1) is 0 Å². The van der Waals surface area contributed by atoms with Crippen LogP contribution < -0.4 is 16.4 Å². The summed E-state index contributed by atoms with van der Waals surface area (Å²) in [4.78, 5) is 20.4. The maximum absolute atomic E-state index is 11.3. The zero-order valence-corrected chi connectivity index (χ0v) is 4.83. The molecule has 0 atom stereocenters. The lowest BCUT2D eigenvalue weighted by Gasteiger charge is -1.97. The fourth-order valence-corrected chi connectivity index (χ4v) is 0.656. The summed E-state index contributed by atoms with van der Waals surface area (Å²) in [6.07, 6.45) is 0. The number of hydrogen-bond acceptors (Lipinski definition) is 3. The lowest BCUT2D eigenvalue weighted by Crippen LogP contribution is -2.33. The lowest BCUT2D eigenvalue weighted by molar-refractivity contribution is 0.614. The van der Waals surface area contributed by atoms with E-state index in [-0.39, 0.29) is 5.02 Å². The van der Waals surface area contributed by atoms with Crippen LogP contribution in [0.3, 0.4) is 0 Å². The molecule has 0 fully saturated rings. The topological polar surface area (TPSA) is 46.2 Å². The first-order valence-electron chi connectivity index (χ1n) is 2.04. The molecular formula is C4HClFNO2. The summed E-state index contributed by atoms with van der Waals surface area (Å²) in [6, 6.07) is 0. The van der Waals surface area contributed by atoms with E-state index in [0.717, 1.165) is 5.54 Å². The quantitative estimate of drug-likeness (QED) is 0.459. The highest BCUT2D eigenvalue weighted by Gasteiger charge is 2.17. The molecule has 1 N–H and O–H groups in total. The van der Waals surface area contributed by atoms with Crippen LogP contribution in [0, 0.1) is 0 Å². The van der Waals surface area contributed by atoms with Crippen LogP contribution in [-0.2, 0) is 0 Å². The Labute approximate surface area is 53.7 Å². The summed E-state index contributed by atoms with van der Waals surface area (Å²) < 4.78 is 11.3. The van der Waals surface area contributed by atoms with Gasteiger partial charge in [-0.2, -0.15) is 0 Å². The third-order valence-corrected chi connectivity index (χ3v) is 1.31. The summed E-state index contributed by atoms with van der Waals surface area (Å²) in [7, 11) is 0. The number of hydrogen-bond donors (Lipinski definition) is 1. The molecule has 1 aromatic rings. The molecule has 0 amide bonds. The largest absolute Gasteiger partial charge is 0.284 e. The van der Waals surface area contributed by atoms with E-state index < -0.39 is 16.5 Å². The predicted molar refractivity (Wildman–Crippen MR) is 31.1 cm³/mol. The van der Waals surface area contributed by atoms with E-state index in [1.165, 1.54) is 0 Å². The van der Waals surface area contributed by atoms with Gasteiger partial charge in [-0.1, -0.05) is 11.6 Å². The molecule has 3 nitrogen and oxygen atoms in total. The Hall–Kier alpha value is -0.900. The predicted octanol–water partition coefficient (Wildman–Crippen LogP) is 0.232. The lowest BCUT2D eigenvalue weighted by atomic mass is 10.3. The summed E-state index contributed by atoms with van der Waals surface area (Å²) in [6.45, 7) is 0. The molecule has 0 unspecified atom stereocenters. The van der Waals surface area contributed by atoms with Crippen LogP contribution in [0.4, 0.5) is 10.2 Å². The van der Waals surface area contributed by atoms with Crippen molar-refractivity contribution >= 4 is 17.3 Å². The van der Waals surface area contributed by atoms with Crippen LogP contribution in [0.25, 0.3) is 0 Å². The van der Waals surface area contributed by atoms with Gasteiger partial charge in [0.25, 0.3) is 5.43 Å². The minimum absolute atomic E-state index is 0.359. The minimum atomic E-state index is -0.900. The van der Waals surface area contributed by atoms with Gasteiger partial charge in [-0.05, 0) is 0 Å². The molecule has 0 saturated carbocycles. The van der Waals surface area contributed by atoms with Crippen LogP contribution in [0.1, 0.15) is 0 Å². The van der Waals surface area contributed by atoms with Crippen molar-refractivity contribution in [2.75, 3.05) is 5.54 Å². The van der Waals surface area contributed by atoms with Crippen molar-refractivity contribution in [3.63, 3.8) is 0 Å². The van der Waals surface area contributed by atoms with Gasteiger partial charge < -0.3 is 0 Å². The van der Waals surface area contributed by atoms with Gasteiger partial charge in [0.2, 0.25) is 5.43 Å². The normalized spacial score (nSPS) is 10.0. The molecule has 0 spiro atoms. The number of rotatable bonds is 1. The molecule has 1 rings (SSSR count). The molecule has 48 valence electrons. The van der Waals surface area contributed by atoms with Crippen LogP contribution in [-0.4, -0.2) is 0 Å². The van der Waals surface area contributed by atoms with Crippen molar-refractivity contribution in [2.24, 2.45) is 0 Å². The summed E-state index contributed by atoms with van der Waals surface area (Å²) in [5.41, 5.74) is -1.17. The summed E-state index contributed by atoms with van der Waals surface area (Å²) in [5, 5.41) is -0.359. The highest BCUT2D eigenvalue weighted by molar-refractivity contribution is 6.33. The van der Waals surface area contributed by atoms with Crippen molar-refractivity contribution in [3.05, 3.63) is 25.5 Å². The highest BCUT2D eigenvalue weighted by Crippen LogP contribution is 2.12. The van der Waals surface area contributed by atoms with E-state index in [0.29, 0.717) is 0 Å². The Kier molecular flexibility index (Phi) is 1.25. The third kappa shape index (κ3) is 0.632. The monoisotopic (exact) mass is 149 g/mol. The van der Waals surface area contributed by atoms with Crippen molar-refractivity contribution in [3.8, 4) is 0 Å². The highest BCUT2D eigenvalue weighted by atomic mass is 35.5. The van der Waals surface area contributed by atoms with Gasteiger partial charge in [-0.3, -0.25) is 9.59 Å². The van der Waals surface area contributed by atoms with E-state index >= 15 is 0 Å². The molecule has 0 radical (unpaired) electrons. The average molecular weight is 150 g/mol. The minimum Gasteiger partial charge on any atom is -0.284 e. The van der Waals surface area contributed by atoms with E-state index in [4.69, 9.17) is 11.6 Å². The SMILES string of the molecule is O=c1c(Cl)c(NF)c1=O. The van der Waals surface area contributed by atoms with E-state index in [9.17, 15) is 14.1 Å². The number of nitrogens with one attached hydrogen (secondary N) is 1. The van der Waals surface area contributed by atoms with Gasteiger partial charge in [0.1, 0.15) is 10.7 Å². The van der Waals surface area contributed by atoms with Crippen molar-refractivity contribution in [1.29, 1.82) is 0 Å². The molecule has 0 saturated heterocycles. The first-order chi connectivity index (χ1) is 4.18. The fourth-order valence-electron chi connectivity index (χ4n) is 0.448. The van der Waals surface area contributed by atoms with Crippen molar-refractivity contribution < 1.29 is 4.48 Å². The zero-order valence-electron chi connectivity index (χ0n) is 4.07. The second-order valence-corrected chi connectivity index (χ2v) is 1.82. The molecule has 0 aliphatic carbocycles. The Bertz CT molecular complexity index is 301. The molecule has 0 aliphatic rings. The van der Waals surface area contributed by atoms with E-state index in [2.05, 4.69) is 0 Å². The second kappa shape index (κ2) is 1.80. The number of anilines is 1. The third-order valence-electron chi connectivity index (χ3n) is 0.947. The van der Waals surface area contributed by atoms with Gasteiger partial charge in [0, 0.05) is 0 Å². The summed E-state index contributed by atoms with van der Waals surface area (Å²) in [5.74, 6) is 0. The van der Waals surface area contributed by atoms with Gasteiger partial charge in [-0.25, -0.2) is 5.54 Å². The molecule has 0 heterocycles. The summed E-state index contributed by atoms with van der Waals surface area (Å²) >= 11 is 5.07. The molecule has 0 aliphatic heterocycles. The van der Waals surface area contributed by atoms with Gasteiger partial charge in [-0.15, -0.1) is 4.48 Å². The molecule has 9 heavy (non-hydrogen) atoms. The molecule has 0 aromatic heterocycles. The smallest absolute Gasteiger partial charge is 0.254 e. The van der Waals surface area contributed by atoms with Crippen LogP contribution >= 0.6 is 11.6 Å². The maximum atomic E-state index is 11.3. The Morgan fingerprint density at radius 3 is 2.11 bits per heavy atom. The first kappa shape index (κ1) is 6.22. The molecule has 0 bridgehead atoms. The van der Waals surface area contributed by atoms with Crippen LogP contribution in [0.15, 0.2) is 9.59 Å². The standard InChI is InChI=1S/C4HClFNO2/c5-1-2(7-6)4(9)3(1)8/h7H. The zero-order chi connectivity index (χ0) is 7.02. The van der Waals surface area contributed by atoms with E-state index in [1.807, 2.05) is 0 Å². The molecule has 1 aromatic carbocycles. The van der Waals surface area contributed by atoms with Gasteiger partial charge in [0.15, 0.2) is 0 Å². The molecule has 5 heteroatoms. The number of halogens is 2. The van der Waals surface area contributed by atoms with Crippen LogP contribution in [0.5, 0.6) is 0 Å². The Morgan fingerprint density at radius 1 is 1.33 bits per heavy atom. The van der Waals surface area contributed by atoms with Crippen molar-refractivity contribution in [1.82, 2.24) is 0 Å². The Balaban J connectivity index is 3.25. The molecular weight excluding hydrogens is 148 g/mol. The first-order valence-corrected chi connectivity index (χ1v) is 2.41. The average Bonchev–Trinajstić information content (AvgIpc) is 1.89. The van der Waals surface area contributed by atoms with Crippen LogP contribution in [0.2, 0.25) is 5.02 Å². The van der Waals surface area contributed by atoms with E-state index in [1.54, 1.807) is 0 Å². The van der Waals surface area contributed by atoms with Crippen molar-refractivity contribution in [2.45, 2.75) is 0 Å². The van der Waals surface area contributed by atoms with Gasteiger partial charge >= 0.3 is 0 Å². The maximum Gasteiger partial charge on any atom is 0.254 e. The fraction of sp³-hybridized carbons (Fsp3) is 0. The Morgan fingerprint density at radius 2 is 1.89 bits per heavy atom. The second-order valence-electron chi connectivity index (χ2n) is 1.44.